The van der Waals surface area contributed by atoms with Crippen LogP contribution in [0.25, 0.3) is 11.2 Å². The third kappa shape index (κ3) is 4.49. The van der Waals surface area contributed by atoms with Gasteiger partial charge in [0.2, 0.25) is 0 Å². The Balaban J connectivity index is 1.51. The van der Waals surface area contributed by atoms with E-state index in [0.29, 0.717) is 38.4 Å². The summed E-state index contributed by atoms with van der Waals surface area (Å²) < 4.78 is 8.64. The molecule has 3 aromatic rings. The average molecular weight is 424 g/mol. The molecule has 2 amide bonds. The molecule has 0 unspecified atom stereocenters. The molecule has 0 saturated carbocycles. The van der Waals surface area contributed by atoms with Crippen molar-refractivity contribution in [3.05, 3.63) is 64.2 Å². The Hall–Kier alpha value is -3.13. The van der Waals surface area contributed by atoms with Gasteiger partial charge < -0.3 is 15.0 Å². The Morgan fingerprint density at radius 2 is 2.06 bits per heavy atom. The molecule has 3 heterocycles. The molecule has 8 nitrogen and oxygen atoms in total. The van der Waals surface area contributed by atoms with Crippen LogP contribution in [0.5, 0.6) is 0 Å². The predicted octanol–water partition coefficient (Wildman–Crippen LogP) is 2.70. The number of methoxy groups -OCH3 is 1. The van der Waals surface area contributed by atoms with Crippen LogP contribution < -0.4 is 11.0 Å². The van der Waals surface area contributed by atoms with Crippen LogP contribution >= 0.6 is 0 Å². The van der Waals surface area contributed by atoms with Gasteiger partial charge in [0.05, 0.1) is 24.7 Å². The highest BCUT2D eigenvalue weighted by molar-refractivity contribution is 5.74. The van der Waals surface area contributed by atoms with Crippen molar-refractivity contribution in [1.82, 2.24) is 24.3 Å². The van der Waals surface area contributed by atoms with E-state index in [9.17, 15) is 9.59 Å². The molecule has 0 bridgehead atoms. The molecular weight excluding hydrogens is 394 g/mol. The lowest BCUT2D eigenvalue weighted by atomic mass is 10.1. The summed E-state index contributed by atoms with van der Waals surface area (Å²) in [5.74, 6) is 0. The highest BCUT2D eigenvalue weighted by Gasteiger charge is 2.28. The molecule has 8 heteroatoms. The molecule has 1 atom stereocenters. The maximum Gasteiger partial charge on any atom is 0.330 e. The third-order valence-corrected chi connectivity index (χ3v) is 5.85. The number of rotatable bonds is 6. The van der Waals surface area contributed by atoms with Crippen molar-refractivity contribution < 1.29 is 9.53 Å². The number of aromatic nitrogens is 3. The predicted molar refractivity (Wildman–Crippen MR) is 119 cm³/mol. The van der Waals surface area contributed by atoms with E-state index in [1.807, 2.05) is 43.3 Å². The molecular formula is C23H29N5O3. The summed E-state index contributed by atoms with van der Waals surface area (Å²) in [6.07, 6.45) is 3.38. The summed E-state index contributed by atoms with van der Waals surface area (Å²) in [4.78, 5) is 32.3. The van der Waals surface area contributed by atoms with Crippen LogP contribution in [-0.4, -0.2) is 51.9 Å². The second kappa shape index (κ2) is 9.34. The number of imidazole rings is 1. The molecule has 164 valence electrons. The van der Waals surface area contributed by atoms with Crippen molar-refractivity contribution in [2.75, 3.05) is 26.8 Å². The molecule has 1 saturated heterocycles. The third-order valence-electron chi connectivity index (χ3n) is 5.85. The number of piperidine rings is 1. The van der Waals surface area contributed by atoms with Gasteiger partial charge in [0, 0.05) is 32.9 Å². The largest absolute Gasteiger partial charge is 0.383 e. The highest BCUT2D eigenvalue weighted by Crippen LogP contribution is 2.24. The SMILES string of the molecule is COCCn1c(=O)n([C@H]2CCCN(C(=O)NCc3ccc(C)cc3)C2)c2ncccc21. The number of nitrogens with one attached hydrogen (secondary N) is 1. The number of fused-ring (bicyclic) bond motifs is 1. The maximum absolute atomic E-state index is 13.2. The zero-order valence-corrected chi connectivity index (χ0v) is 18.1. The van der Waals surface area contributed by atoms with Crippen LogP contribution in [0.4, 0.5) is 4.79 Å². The normalized spacial score (nSPS) is 16.6. The molecule has 0 spiro atoms. The lowest BCUT2D eigenvalue weighted by Gasteiger charge is -2.33. The first-order valence-electron chi connectivity index (χ1n) is 10.7. The Bertz CT molecular complexity index is 1100. The van der Waals surface area contributed by atoms with Crippen LogP contribution in [0.1, 0.15) is 30.0 Å². The molecule has 1 aromatic carbocycles. The quantitative estimate of drug-likeness (QED) is 0.661. The number of ether oxygens (including phenoxy) is 1. The van der Waals surface area contributed by atoms with Gasteiger partial charge in [-0.3, -0.25) is 9.13 Å². The number of benzene rings is 1. The van der Waals surface area contributed by atoms with Crippen molar-refractivity contribution in [2.24, 2.45) is 0 Å². The van der Waals surface area contributed by atoms with Gasteiger partial charge >= 0.3 is 11.7 Å². The van der Waals surface area contributed by atoms with Gasteiger partial charge in [-0.2, -0.15) is 0 Å². The van der Waals surface area contributed by atoms with Gasteiger partial charge in [-0.15, -0.1) is 0 Å². The van der Waals surface area contributed by atoms with E-state index >= 15 is 0 Å². The van der Waals surface area contributed by atoms with Crippen LogP contribution in [0.3, 0.4) is 0 Å². The number of carbonyl (C=O) groups is 1. The Morgan fingerprint density at radius 3 is 2.84 bits per heavy atom. The molecule has 1 aliphatic rings. The number of hydrogen-bond donors (Lipinski definition) is 1. The summed E-state index contributed by atoms with van der Waals surface area (Å²) in [7, 11) is 1.62. The first-order chi connectivity index (χ1) is 15.1. The zero-order valence-electron chi connectivity index (χ0n) is 18.1. The number of urea groups is 1. The molecule has 0 aliphatic carbocycles. The number of pyridine rings is 1. The summed E-state index contributed by atoms with van der Waals surface area (Å²) >= 11 is 0. The van der Waals surface area contributed by atoms with Crippen molar-refractivity contribution in [3.63, 3.8) is 0 Å². The van der Waals surface area contributed by atoms with E-state index in [1.165, 1.54) is 5.56 Å². The Kier molecular flexibility index (Phi) is 6.36. The maximum atomic E-state index is 13.2. The summed E-state index contributed by atoms with van der Waals surface area (Å²) in [6, 6.07) is 11.7. The zero-order chi connectivity index (χ0) is 21.8. The lowest BCUT2D eigenvalue weighted by Crippen LogP contribution is -2.47. The fourth-order valence-corrected chi connectivity index (χ4v) is 4.18. The number of amides is 2. The number of aryl methyl sites for hydroxylation is 1. The van der Waals surface area contributed by atoms with E-state index < -0.39 is 0 Å². The molecule has 0 radical (unpaired) electrons. The van der Waals surface area contributed by atoms with E-state index in [-0.39, 0.29) is 17.8 Å². The fourth-order valence-electron chi connectivity index (χ4n) is 4.18. The first-order valence-corrected chi connectivity index (χ1v) is 10.7. The second-order valence-corrected chi connectivity index (χ2v) is 8.03. The summed E-state index contributed by atoms with van der Waals surface area (Å²) in [6.45, 7) is 4.61. The molecule has 1 fully saturated rings. The average Bonchev–Trinajstić information content (AvgIpc) is 3.08. The van der Waals surface area contributed by atoms with Crippen molar-refractivity contribution in [2.45, 2.75) is 38.9 Å². The van der Waals surface area contributed by atoms with Gasteiger partial charge in [-0.05, 0) is 37.5 Å². The molecule has 1 N–H and O–H groups in total. The van der Waals surface area contributed by atoms with Crippen molar-refractivity contribution in [1.29, 1.82) is 0 Å². The minimum atomic E-state index is -0.104. The number of likely N-dealkylation sites (tertiary alicyclic amines) is 1. The van der Waals surface area contributed by atoms with E-state index in [4.69, 9.17) is 4.74 Å². The highest BCUT2D eigenvalue weighted by atomic mass is 16.5. The smallest absolute Gasteiger partial charge is 0.330 e. The van der Waals surface area contributed by atoms with E-state index in [1.54, 1.807) is 27.3 Å². The van der Waals surface area contributed by atoms with Crippen LogP contribution in [0, 0.1) is 6.92 Å². The molecule has 4 rings (SSSR count). The standard InChI is InChI=1S/C23H29N5O3/c1-17-7-9-18(10-8-17)15-25-22(29)26-12-4-5-19(16-26)28-21-20(6-3-11-24-21)27(23(28)30)13-14-31-2/h3,6-11,19H,4-5,12-16H2,1-2H3,(H,25,29)/t19-/m0/s1. The van der Waals surface area contributed by atoms with E-state index in [0.717, 1.165) is 23.9 Å². The summed E-state index contributed by atoms with van der Waals surface area (Å²) in [5.41, 5.74) is 3.62. The van der Waals surface area contributed by atoms with Gasteiger partial charge in [0.15, 0.2) is 5.65 Å². The molecule has 31 heavy (non-hydrogen) atoms. The van der Waals surface area contributed by atoms with Crippen molar-refractivity contribution >= 4 is 17.2 Å². The minimum absolute atomic E-state index is 0.0994. The van der Waals surface area contributed by atoms with Gasteiger partial charge in [0.1, 0.15) is 0 Å². The minimum Gasteiger partial charge on any atom is -0.383 e. The van der Waals surface area contributed by atoms with Gasteiger partial charge in [-0.25, -0.2) is 14.6 Å². The number of hydrogen-bond acceptors (Lipinski definition) is 4. The Labute approximate surface area is 181 Å². The number of nitrogens with zero attached hydrogens (tertiary/aromatic N) is 4. The van der Waals surface area contributed by atoms with E-state index in [2.05, 4.69) is 10.3 Å². The van der Waals surface area contributed by atoms with Gasteiger partial charge in [-0.1, -0.05) is 29.8 Å². The fraction of sp³-hybridized carbons (Fsp3) is 0.435. The Morgan fingerprint density at radius 1 is 1.26 bits per heavy atom. The van der Waals surface area contributed by atoms with Crippen LogP contribution in [-0.2, 0) is 17.8 Å². The molecule has 1 aliphatic heterocycles. The topological polar surface area (TPSA) is 81.4 Å². The van der Waals surface area contributed by atoms with Crippen LogP contribution in [0.15, 0.2) is 47.4 Å². The lowest BCUT2D eigenvalue weighted by molar-refractivity contribution is 0.165. The summed E-state index contributed by atoms with van der Waals surface area (Å²) in [5, 5.41) is 3.01. The van der Waals surface area contributed by atoms with Crippen molar-refractivity contribution in [3.8, 4) is 0 Å². The van der Waals surface area contributed by atoms with Gasteiger partial charge in [0.25, 0.3) is 0 Å². The number of carbonyl (C=O) groups excluding carboxylic acids is 1. The second-order valence-electron chi connectivity index (χ2n) is 8.03. The molecule has 2 aromatic heterocycles. The monoisotopic (exact) mass is 423 g/mol. The van der Waals surface area contributed by atoms with Crippen LogP contribution in [0.2, 0.25) is 0 Å². The first kappa shape index (κ1) is 21.1.